The van der Waals surface area contributed by atoms with Crippen LogP contribution in [-0.2, 0) is 16.6 Å². The minimum absolute atomic E-state index is 0.191. The molecule has 1 aromatic rings. The van der Waals surface area contributed by atoms with E-state index in [1.165, 1.54) is 4.90 Å². The van der Waals surface area contributed by atoms with Crippen molar-refractivity contribution < 1.29 is 8.42 Å². The molecule has 1 rings (SSSR count). The lowest BCUT2D eigenvalue weighted by molar-refractivity contribution is 0.580. The molecule has 0 aromatic heterocycles. The smallest absolute Gasteiger partial charge is 0.211 e. The van der Waals surface area contributed by atoms with Crippen molar-refractivity contribution in [1.82, 2.24) is 4.72 Å². The summed E-state index contributed by atoms with van der Waals surface area (Å²) in [6.45, 7) is 4.34. The Labute approximate surface area is 108 Å². The van der Waals surface area contributed by atoms with E-state index in [1.54, 1.807) is 11.8 Å². The second-order valence-electron chi connectivity index (χ2n) is 3.72. The molecule has 5 heteroatoms. The van der Waals surface area contributed by atoms with E-state index in [-0.39, 0.29) is 5.75 Å². The Bertz CT molecular complexity index is 426. The third-order valence-corrected chi connectivity index (χ3v) is 4.63. The summed E-state index contributed by atoms with van der Waals surface area (Å²) >= 11 is 1.78. The molecule has 17 heavy (non-hydrogen) atoms. The molecule has 0 heterocycles. The van der Waals surface area contributed by atoms with Crippen LogP contribution >= 0.6 is 11.8 Å². The maximum absolute atomic E-state index is 11.5. The highest BCUT2D eigenvalue weighted by Gasteiger charge is 2.07. The molecule has 1 aromatic carbocycles. The zero-order valence-corrected chi connectivity index (χ0v) is 11.9. The Balaban J connectivity index is 2.52. The van der Waals surface area contributed by atoms with E-state index in [1.807, 2.05) is 31.2 Å². The fourth-order valence-corrected chi connectivity index (χ4v) is 3.13. The van der Waals surface area contributed by atoms with Crippen LogP contribution in [0.4, 0.5) is 0 Å². The first-order chi connectivity index (χ1) is 8.07. The van der Waals surface area contributed by atoms with Crippen molar-refractivity contribution in [3.05, 3.63) is 29.8 Å². The molecule has 0 radical (unpaired) electrons. The lowest BCUT2D eigenvalue weighted by atomic mass is 10.2. The van der Waals surface area contributed by atoms with Crippen LogP contribution in [-0.4, -0.2) is 19.9 Å². The number of thioether (sulfide) groups is 1. The predicted molar refractivity (Wildman–Crippen MR) is 73.8 cm³/mol. The summed E-state index contributed by atoms with van der Waals surface area (Å²) in [7, 11) is -3.11. The van der Waals surface area contributed by atoms with E-state index in [4.69, 9.17) is 0 Å². The molecule has 0 atom stereocenters. The van der Waals surface area contributed by atoms with Crippen molar-refractivity contribution in [3.63, 3.8) is 0 Å². The summed E-state index contributed by atoms with van der Waals surface area (Å²) in [5.74, 6) is 1.24. The standard InChI is InChI=1S/C12H19NO2S2/c1-3-9-17(14,15)13-10-11-5-7-12(8-6-11)16-4-2/h5-8,13H,3-4,9-10H2,1-2H3. The number of sulfonamides is 1. The summed E-state index contributed by atoms with van der Waals surface area (Å²) < 4.78 is 25.5. The van der Waals surface area contributed by atoms with Crippen molar-refractivity contribution >= 4 is 21.8 Å². The summed E-state index contributed by atoms with van der Waals surface area (Å²) in [6.07, 6.45) is 0.640. The Kier molecular flexibility index (Phi) is 6.02. The number of benzene rings is 1. The van der Waals surface area contributed by atoms with E-state index in [9.17, 15) is 8.42 Å². The summed E-state index contributed by atoms with van der Waals surface area (Å²) in [5, 5.41) is 0. The van der Waals surface area contributed by atoms with Crippen LogP contribution in [0.1, 0.15) is 25.8 Å². The monoisotopic (exact) mass is 273 g/mol. The Hall–Kier alpha value is -0.520. The van der Waals surface area contributed by atoms with Gasteiger partial charge in [0.1, 0.15) is 0 Å². The van der Waals surface area contributed by atoms with Gasteiger partial charge in [-0.05, 0) is 29.9 Å². The highest BCUT2D eigenvalue weighted by molar-refractivity contribution is 7.99. The van der Waals surface area contributed by atoms with Crippen molar-refractivity contribution in [2.45, 2.75) is 31.7 Å². The molecule has 0 aliphatic rings. The SMILES string of the molecule is CCCS(=O)(=O)NCc1ccc(SCC)cc1. The molecule has 0 unspecified atom stereocenters. The molecule has 1 N–H and O–H groups in total. The maximum Gasteiger partial charge on any atom is 0.211 e. The molecule has 0 aliphatic heterocycles. The third kappa shape index (κ3) is 5.57. The first kappa shape index (κ1) is 14.5. The second kappa shape index (κ2) is 7.03. The molecule has 3 nitrogen and oxygen atoms in total. The van der Waals surface area contributed by atoms with Gasteiger partial charge in [-0.1, -0.05) is 26.0 Å². The summed E-state index contributed by atoms with van der Waals surface area (Å²) in [6, 6.07) is 7.98. The van der Waals surface area contributed by atoms with Crippen LogP contribution in [0.25, 0.3) is 0 Å². The van der Waals surface area contributed by atoms with Crippen LogP contribution in [0.5, 0.6) is 0 Å². The van der Waals surface area contributed by atoms with Gasteiger partial charge in [0.25, 0.3) is 0 Å². The first-order valence-corrected chi connectivity index (χ1v) is 8.40. The van der Waals surface area contributed by atoms with Gasteiger partial charge in [0, 0.05) is 11.4 Å². The van der Waals surface area contributed by atoms with Crippen molar-refractivity contribution in [2.75, 3.05) is 11.5 Å². The Morgan fingerprint density at radius 3 is 2.35 bits per heavy atom. The average molecular weight is 273 g/mol. The molecule has 0 aliphatic carbocycles. The van der Waals surface area contributed by atoms with Crippen molar-refractivity contribution in [3.8, 4) is 0 Å². The first-order valence-electron chi connectivity index (χ1n) is 5.76. The summed E-state index contributed by atoms with van der Waals surface area (Å²) in [4.78, 5) is 1.22. The third-order valence-electron chi connectivity index (χ3n) is 2.20. The molecular formula is C12H19NO2S2. The Morgan fingerprint density at radius 1 is 1.18 bits per heavy atom. The van der Waals surface area contributed by atoms with Crippen molar-refractivity contribution in [1.29, 1.82) is 0 Å². The minimum Gasteiger partial charge on any atom is -0.212 e. The quantitative estimate of drug-likeness (QED) is 0.777. The molecule has 0 saturated heterocycles. The van der Waals surface area contributed by atoms with Crippen LogP contribution in [0.2, 0.25) is 0 Å². The van der Waals surface area contributed by atoms with Gasteiger partial charge in [-0.2, -0.15) is 0 Å². The highest BCUT2D eigenvalue weighted by Crippen LogP contribution is 2.17. The molecule has 0 saturated carbocycles. The van der Waals surface area contributed by atoms with Crippen LogP contribution in [0, 0.1) is 0 Å². The van der Waals surface area contributed by atoms with E-state index < -0.39 is 10.0 Å². The molecule has 0 fully saturated rings. The van der Waals surface area contributed by atoms with Crippen molar-refractivity contribution in [2.24, 2.45) is 0 Å². The van der Waals surface area contributed by atoms with Gasteiger partial charge < -0.3 is 0 Å². The lowest BCUT2D eigenvalue weighted by Crippen LogP contribution is -2.25. The average Bonchev–Trinajstić information content (AvgIpc) is 2.29. The van der Waals surface area contributed by atoms with E-state index in [2.05, 4.69) is 11.6 Å². The van der Waals surface area contributed by atoms with Gasteiger partial charge in [0.05, 0.1) is 5.75 Å². The van der Waals surface area contributed by atoms with Gasteiger partial charge in [-0.25, -0.2) is 13.1 Å². The zero-order valence-electron chi connectivity index (χ0n) is 10.3. The van der Waals surface area contributed by atoms with Gasteiger partial charge >= 0.3 is 0 Å². The van der Waals surface area contributed by atoms with Crippen LogP contribution in [0.15, 0.2) is 29.2 Å². The van der Waals surface area contributed by atoms with E-state index in [0.717, 1.165) is 11.3 Å². The molecule has 96 valence electrons. The molecule has 0 spiro atoms. The number of nitrogens with one attached hydrogen (secondary N) is 1. The van der Waals surface area contributed by atoms with Gasteiger partial charge in [-0.3, -0.25) is 0 Å². The van der Waals surface area contributed by atoms with Crippen LogP contribution in [0.3, 0.4) is 0 Å². The molecule has 0 bridgehead atoms. The van der Waals surface area contributed by atoms with E-state index >= 15 is 0 Å². The van der Waals surface area contributed by atoms with Gasteiger partial charge in [0.15, 0.2) is 0 Å². The normalized spacial score (nSPS) is 11.6. The fraction of sp³-hybridized carbons (Fsp3) is 0.500. The van der Waals surface area contributed by atoms with Gasteiger partial charge in [-0.15, -0.1) is 11.8 Å². The van der Waals surface area contributed by atoms with Gasteiger partial charge in [0.2, 0.25) is 10.0 Å². The number of hydrogen-bond donors (Lipinski definition) is 1. The predicted octanol–water partition coefficient (Wildman–Crippen LogP) is 2.63. The maximum atomic E-state index is 11.5. The number of hydrogen-bond acceptors (Lipinski definition) is 3. The highest BCUT2D eigenvalue weighted by atomic mass is 32.2. The Morgan fingerprint density at radius 2 is 1.82 bits per heavy atom. The molecular weight excluding hydrogens is 254 g/mol. The zero-order chi connectivity index (χ0) is 12.7. The largest absolute Gasteiger partial charge is 0.212 e. The number of rotatable bonds is 7. The second-order valence-corrected chi connectivity index (χ2v) is 6.98. The fourth-order valence-electron chi connectivity index (χ4n) is 1.40. The summed E-state index contributed by atoms with van der Waals surface area (Å²) in [5.41, 5.74) is 0.991. The lowest BCUT2D eigenvalue weighted by Gasteiger charge is -2.06. The van der Waals surface area contributed by atoms with E-state index in [0.29, 0.717) is 13.0 Å². The minimum atomic E-state index is -3.11. The molecule has 0 amide bonds. The topological polar surface area (TPSA) is 46.2 Å². The van der Waals surface area contributed by atoms with Crippen LogP contribution < -0.4 is 4.72 Å².